The molecule has 0 radical (unpaired) electrons. The van der Waals surface area contributed by atoms with Crippen LogP contribution in [0.2, 0.25) is 0 Å². The summed E-state index contributed by atoms with van der Waals surface area (Å²) in [6.45, 7) is 4.87. The molecule has 2 heterocycles. The SMILES string of the molecule is Cc1c2c(c(C)c3c1=CC1=C3B(c3ccccc3)Nc3ccccc31)=CC1=C2B(c2ccccc2)Nc2ccccc21. The van der Waals surface area contributed by atoms with Crippen molar-refractivity contribution in [2.24, 2.45) is 0 Å². The van der Waals surface area contributed by atoms with Gasteiger partial charge in [0.15, 0.2) is 0 Å². The lowest BCUT2D eigenvalue weighted by atomic mass is 9.45. The molecule has 2 aliphatic heterocycles. The molecule has 5 aromatic carbocycles. The first-order valence-electron chi connectivity index (χ1n) is 14.9. The fourth-order valence-electron chi connectivity index (χ4n) is 7.80. The normalized spacial score (nSPS) is 15.4. The van der Waals surface area contributed by atoms with E-state index in [1.165, 1.54) is 88.2 Å². The van der Waals surface area contributed by atoms with E-state index in [0.717, 1.165) is 0 Å². The smallest absolute Gasteiger partial charge is 0.322 e. The van der Waals surface area contributed by atoms with Gasteiger partial charge in [-0.3, -0.25) is 0 Å². The van der Waals surface area contributed by atoms with Crippen LogP contribution < -0.4 is 31.8 Å². The zero-order valence-corrected chi connectivity index (χ0v) is 23.7. The van der Waals surface area contributed by atoms with Gasteiger partial charge in [0.2, 0.25) is 0 Å². The van der Waals surface area contributed by atoms with Crippen LogP contribution in [0.3, 0.4) is 0 Å². The molecule has 0 atom stereocenters. The van der Waals surface area contributed by atoms with E-state index in [-0.39, 0.29) is 13.7 Å². The van der Waals surface area contributed by atoms with Crippen molar-refractivity contribution in [1.82, 2.24) is 0 Å². The summed E-state index contributed by atoms with van der Waals surface area (Å²) >= 11 is 0. The number of para-hydroxylation sites is 2. The van der Waals surface area contributed by atoms with Crippen molar-refractivity contribution in [3.8, 4) is 0 Å². The van der Waals surface area contributed by atoms with Gasteiger partial charge in [0.1, 0.15) is 0 Å². The van der Waals surface area contributed by atoms with E-state index < -0.39 is 0 Å². The minimum Gasteiger partial charge on any atom is -0.420 e. The highest BCUT2D eigenvalue weighted by Crippen LogP contribution is 2.44. The molecule has 0 spiro atoms. The molecule has 0 saturated carbocycles. The Balaban J connectivity index is 1.33. The number of fused-ring (bicyclic) bond motifs is 8. The van der Waals surface area contributed by atoms with E-state index in [2.05, 4.69) is 146 Å². The highest BCUT2D eigenvalue weighted by molar-refractivity contribution is 6.95. The van der Waals surface area contributed by atoms with Gasteiger partial charge >= 0.3 is 13.7 Å². The molecule has 0 bridgehead atoms. The highest BCUT2D eigenvalue weighted by Gasteiger charge is 2.40. The van der Waals surface area contributed by atoms with Gasteiger partial charge in [0, 0.05) is 22.5 Å². The van der Waals surface area contributed by atoms with E-state index in [0.29, 0.717) is 0 Å². The summed E-state index contributed by atoms with van der Waals surface area (Å²) in [5.74, 6) is 0. The number of benzene rings is 5. The Bertz CT molecular complexity index is 2000. The molecule has 42 heavy (non-hydrogen) atoms. The number of rotatable bonds is 2. The van der Waals surface area contributed by atoms with Crippen LogP contribution in [0, 0.1) is 13.8 Å². The fraction of sp³-hybridized carbons (Fsp3) is 0.0526. The minimum absolute atomic E-state index is 0.0909. The topological polar surface area (TPSA) is 24.1 Å². The zero-order chi connectivity index (χ0) is 27.9. The van der Waals surface area contributed by atoms with Gasteiger partial charge in [0.25, 0.3) is 0 Å². The Labute approximate surface area is 247 Å². The second-order valence-corrected chi connectivity index (χ2v) is 11.8. The van der Waals surface area contributed by atoms with E-state index in [1.807, 2.05) is 0 Å². The maximum atomic E-state index is 3.92. The third kappa shape index (κ3) is 3.18. The molecule has 4 aliphatic rings. The van der Waals surface area contributed by atoms with E-state index in [9.17, 15) is 0 Å². The molecule has 2 aliphatic carbocycles. The molecule has 0 saturated heterocycles. The molecular formula is C38H28B2N2. The summed E-state index contributed by atoms with van der Waals surface area (Å²) in [6, 6.07) is 39.4. The van der Waals surface area contributed by atoms with Crippen LogP contribution in [-0.2, 0) is 0 Å². The van der Waals surface area contributed by atoms with Crippen molar-refractivity contribution in [3.05, 3.63) is 153 Å². The Hall–Kier alpha value is -4.95. The van der Waals surface area contributed by atoms with Crippen LogP contribution in [0.25, 0.3) is 34.2 Å². The van der Waals surface area contributed by atoms with Crippen LogP contribution in [-0.4, -0.2) is 13.7 Å². The zero-order valence-electron chi connectivity index (χ0n) is 23.7. The molecule has 0 aromatic heterocycles. The lowest BCUT2D eigenvalue weighted by Gasteiger charge is -2.29. The maximum absolute atomic E-state index is 3.92. The quantitative estimate of drug-likeness (QED) is 0.295. The van der Waals surface area contributed by atoms with Crippen molar-refractivity contribution in [2.75, 3.05) is 10.5 Å². The third-order valence-corrected chi connectivity index (χ3v) is 9.67. The second kappa shape index (κ2) is 8.77. The summed E-state index contributed by atoms with van der Waals surface area (Å²) in [6.07, 6.45) is 4.95. The van der Waals surface area contributed by atoms with Crippen molar-refractivity contribution >= 4 is 70.2 Å². The fourth-order valence-corrected chi connectivity index (χ4v) is 7.80. The van der Waals surface area contributed by atoms with E-state index in [1.54, 1.807) is 0 Å². The van der Waals surface area contributed by atoms with Crippen LogP contribution in [0.15, 0.2) is 109 Å². The lowest BCUT2D eigenvalue weighted by Crippen LogP contribution is -2.44. The molecule has 0 fully saturated rings. The van der Waals surface area contributed by atoms with Gasteiger partial charge in [-0.25, -0.2) is 0 Å². The first-order chi connectivity index (χ1) is 20.7. The maximum Gasteiger partial charge on any atom is 0.322 e. The van der Waals surface area contributed by atoms with Gasteiger partial charge in [-0.2, -0.15) is 0 Å². The number of nitrogens with one attached hydrogen (secondary N) is 2. The molecule has 4 heteroatoms. The Kier molecular flexibility index (Phi) is 4.96. The van der Waals surface area contributed by atoms with Gasteiger partial charge < -0.3 is 10.5 Å². The van der Waals surface area contributed by atoms with E-state index in [4.69, 9.17) is 0 Å². The standard InChI is InChI=1S/C38H28B2N2/c1-23-29-21-31-27-17-9-11-19-33(27)42-40(26-15-7-4-8-16-26)38(31)36(29)24(2)30-22-32-28-18-10-12-20-34(28)41-39(37(32)35(23)30)25-13-5-3-6-14-25/h3-22,41-42H,1-2H3. The summed E-state index contributed by atoms with van der Waals surface area (Å²) in [4.78, 5) is 0. The van der Waals surface area contributed by atoms with Crippen molar-refractivity contribution < 1.29 is 0 Å². The van der Waals surface area contributed by atoms with Crippen molar-refractivity contribution in [2.45, 2.75) is 13.8 Å². The summed E-state index contributed by atoms with van der Waals surface area (Å²) < 4.78 is 0. The molecular weight excluding hydrogens is 506 g/mol. The van der Waals surface area contributed by atoms with Crippen molar-refractivity contribution in [1.29, 1.82) is 0 Å². The molecule has 0 amide bonds. The summed E-state index contributed by atoms with van der Waals surface area (Å²) in [5, 5.41) is 10.6. The molecule has 2 nitrogen and oxygen atoms in total. The van der Waals surface area contributed by atoms with Crippen molar-refractivity contribution in [3.63, 3.8) is 0 Å². The lowest BCUT2D eigenvalue weighted by molar-refractivity contribution is 1.28. The predicted molar refractivity (Wildman–Crippen MR) is 182 cm³/mol. The Morgan fingerprint density at radius 2 is 0.833 bits per heavy atom. The minimum atomic E-state index is 0.0909. The molecule has 9 rings (SSSR count). The Morgan fingerprint density at radius 3 is 1.26 bits per heavy atom. The Morgan fingerprint density at radius 1 is 0.452 bits per heavy atom. The monoisotopic (exact) mass is 534 g/mol. The average Bonchev–Trinajstić information content (AvgIpc) is 3.65. The first kappa shape index (κ1) is 23.7. The molecule has 196 valence electrons. The van der Waals surface area contributed by atoms with Gasteiger partial charge in [-0.05, 0) is 92.9 Å². The van der Waals surface area contributed by atoms with E-state index >= 15 is 0 Å². The third-order valence-electron chi connectivity index (χ3n) is 9.67. The van der Waals surface area contributed by atoms with Gasteiger partial charge in [-0.15, -0.1) is 0 Å². The van der Waals surface area contributed by atoms with Crippen LogP contribution in [0.1, 0.15) is 33.4 Å². The largest absolute Gasteiger partial charge is 0.420 e. The first-order valence-corrected chi connectivity index (χ1v) is 14.9. The predicted octanol–water partition coefficient (Wildman–Crippen LogP) is 5.44. The second-order valence-electron chi connectivity index (χ2n) is 11.8. The average molecular weight is 534 g/mol. The number of hydrogen-bond acceptors (Lipinski definition) is 2. The summed E-state index contributed by atoms with van der Waals surface area (Å²) in [7, 11) is 0. The number of anilines is 2. The number of allylic oxidation sites excluding steroid dienone is 2. The van der Waals surface area contributed by atoms with Crippen LogP contribution in [0.4, 0.5) is 11.4 Å². The summed E-state index contributed by atoms with van der Waals surface area (Å²) in [5.41, 5.74) is 18.6. The van der Waals surface area contributed by atoms with Gasteiger partial charge in [0.05, 0.1) is 0 Å². The molecule has 5 aromatic rings. The van der Waals surface area contributed by atoms with Crippen LogP contribution in [0.5, 0.6) is 0 Å². The highest BCUT2D eigenvalue weighted by atomic mass is 14.8. The van der Waals surface area contributed by atoms with Crippen LogP contribution >= 0.6 is 0 Å². The number of hydrogen-bond donors (Lipinski definition) is 2. The van der Waals surface area contributed by atoms with Gasteiger partial charge in [-0.1, -0.05) is 108 Å². The molecule has 0 unspecified atom stereocenters. The molecule has 2 N–H and O–H groups in total.